The second-order valence-electron chi connectivity index (χ2n) is 13.0. The van der Waals surface area contributed by atoms with Gasteiger partial charge in [0.1, 0.15) is 0 Å². The molecule has 184 valence electrons. The van der Waals surface area contributed by atoms with Crippen LogP contribution in [0.25, 0.3) is 0 Å². The molecule has 1 N–H and O–H groups in total. The Labute approximate surface area is 193 Å². The van der Waals surface area contributed by atoms with E-state index in [0.717, 1.165) is 36.2 Å². The zero-order valence-electron chi connectivity index (χ0n) is 20.9. The molecule has 3 saturated carbocycles. The van der Waals surface area contributed by atoms with E-state index < -0.39 is 11.8 Å². The Morgan fingerprint density at radius 1 is 1.00 bits per heavy atom. The van der Waals surface area contributed by atoms with Gasteiger partial charge in [0.25, 0.3) is 0 Å². The summed E-state index contributed by atoms with van der Waals surface area (Å²) in [6, 6.07) is 0. The molecule has 1 nitrogen and oxygen atoms in total. The molecule has 4 aliphatic rings. The van der Waals surface area contributed by atoms with Crippen molar-refractivity contribution in [1.29, 1.82) is 0 Å². The summed E-state index contributed by atoms with van der Waals surface area (Å²) in [6.07, 6.45) is 7.57. The summed E-state index contributed by atoms with van der Waals surface area (Å²) in [7, 11) is 0. The Morgan fingerprint density at radius 3 is 2.38 bits per heavy atom. The largest absolute Gasteiger partial charge is 0.417 e. The molecule has 0 spiro atoms. The van der Waals surface area contributed by atoms with Gasteiger partial charge in [-0.2, -0.15) is 13.2 Å². The van der Waals surface area contributed by atoms with Crippen LogP contribution in [0.5, 0.6) is 0 Å². The SMILES string of the molecule is CC(C)CCC[C@@H](C)[C@H]1CC[C@H]2[C@@H]3CC=C4C[C@](O)(C(F)(F)F)CC[C@]4(C)[C@H]3CC[C@]12C. The first kappa shape index (κ1) is 24.6. The standard InChI is InChI=1S/C28H45F3O/c1-18(2)7-6-8-19(3)22-11-12-23-21-10-9-20-17-27(32,28(29,30)31)16-15-25(20,4)24(21)13-14-26(22,23)5/h9,18-19,21-24,32H,6-8,10-17H2,1-5H3/t19-,21+,22-,23+,24+,25+,26-,27+/m1/s1. The van der Waals surface area contributed by atoms with Crippen LogP contribution in [-0.4, -0.2) is 16.9 Å². The van der Waals surface area contributed by atoms with Crippen molar-refractivity contribution in [3.8, 4) is 0 Å². The van der Waals surface area contributed by atoms with Gasteiger partial charge in [-0.15, -0.1) is 0 Å². The van der Waals surface area contributed by atoms with Crippen LogP contribution < -0.4 is 0 Å². The number of allylic oxidation sites excluding steroid dienone is 1. The first-order valence-corrected chi connectivity index (χ1v) is 13.3. The lowest BCUT2D eigenvalue weighted by atomic mass is 9.46. The number of fused-ring (bicyclic) bond motifs is 5. The Hall–Kier alpha value is -0.510. The van der Waals surface area contributed by atoms with Gasteiger partial charge in [-0.1, -0.05) is 65.5 Å². The second-order valence-corrected chi connectivity index (χ2v) is 13.0. The zero-order chi connectivity index (χ0) is 23.5. The predicted molar refractivity (Wildman–Crippen MR) is 124 cm³/mol. The van der Waals surface area contributed by atoms with Crippen LogP contribution in [0, 0.1) is 46.3 Å². The predicted octanol–water partition coefficient (Wildman–Crippen LogP) is 8.32. The van der Waals surface area contributed by atoms with Gasteiger partial charge in [-0.25, -0.2) is 0 Å². The smallest absolute Gasteiger partial charge is 0.380 e. The van der Waals surface area contributed by atoms with Crippen LogP contribution >= 0.6 is 0 Å². The second kappa shape index (κ2) is 8.31. The highest BCUT2D eigenvalue weighted by atomic mass is 19.4. The van der Waals surface area contributed by atoms with Crippen LogP contribution in [0.4, 0.5) is 13.2 Å². The highest BCUT2D eigenvalue weighted by molar-refractivity contribution is 5.28. The molecule has 0 unspecified atom stereocenters. The Morgan fingerprint density at radius 2 is 1.72 bits per heavy atom. The Kier molecular flexibility index (Phi) is 6.39. The van der Waals surface area contributed by atoms with Gasteiger partial charge in [0.05, 0.1) is 0 Å². The fraction of sp³-hybridized carbons (Fsp3) is 0.929. The average molecular weight is 455 g/mol. The van der Waals surface area contributed by atoms with E-state index in [2.05, 4.69) is 40.7 Å². The van der Waals surface area contributed by atoms with Crippen LogP contribution in [-0.2, 0) is 0 Å². The van der Waals surface area contributed by atoms with E-state index in [0.29, 0.717) is 29.6 Å². The zero-order valence-corrected chi connectivity index (χ0v) is 20.9. The molecule has 8 atom stereocenters. The Bertz CT molecular complexity index is 727. The maximum atomic E-state index is 13.5. The summed E-state index contributed by atoms with van der Waals surface area (Å²) in [6.45, 7) is 11.9. The van der Waals surface area contributed by atoms with Crippen molar-refractivity contribution in [2.45, 2.75) is 117 Å². The number of alkyl halides is 3. The van der Waals surface area contributed by atoms with Crippen molar-refractivity contribution in [1.82, 2.24) is 0 Å². The summed E-state index contributed by atoms with van der Waals surface area (Å²) in [5.41, 5.74) is -1.41. The molecule has 0 aromatic rings. The van der Waals surface area contributed by atoms with E-state index in [1.807, 2.05) is 0 Å². The van der Waals surface area contributed by atoms with Crippen molar-refractivity contribution in [2.24, 2.45) is 46.3 Å². The van der Waals surface area contributed by atoms with Gasteiger partial charge in [0.2, 0.25) is 0 Å². The van der Waals surface area contributed by atoms with Crippen molar-refractivity contribution < 1.29 is 18.3 Å². The molecule has 4 heteroatoms. The first-order chi connectivity index (χ1) is 14.8. The number of rotatable bonds is 5. The number of hydrogen-bond donors (Lipinski definition) is 1. The lowest BCUT2D eigenvalue weighted by Gasteiger charge is -2.59. The minimum atomic E-state index is -4.54. The summed E-state index contributed by atoms with van der Waals surface area (Å²) < 4.78 is 40.6. The lowest BCUT2D eigenvalue weighted by molar-refractivity contribution is -0.271. The van der Waals surface area contributed by atoms with E-state index in [4.69, 9.17) is 0 Å². The molecule has 0 saturated heterocycles. The molecule has 0 bridgehead atoms. The summed E-state index contributed by atoms with van der Waals surface area (Å²) >= 11 is 0. The minimum Gasteiger partial charge on any atom is -0.380 e. The van der Waals surface area contributed by atoms with Crippen molar-refractivity contribution in [3.05, 3.63) is 11.6 Å². The molecule has 3 fully saturated rings. The topological polar surface area (TPSA) is 20.2 Å². The lowest BCUT2D eigenvalue weighted by Crippen LogP contribution is -2.55. The highest BCUT2D eigenvalue weighted by Crippen LogP contribution is 2.68. The van der Waals surface area contributed by atoms with Crippen molar-refractivity contribution in [2.75, 3.05) is 0 Å². The van der Waals surface area contributed by atoms with Gasteiger partial charge in [-0.05, 0) is 91.3 Å². The number of aliphatic hydroxyl groups is 1. The van der Waals surface area contributed by atoms with Crippen LogP contribution in [0.3, 0.4) is 0 Å². The maximum absolute atomic E-state index is 13.5. The van der Waals surface area contributed by atoms with Crippen LogP contribution in [0.15, 0.2) is 11.6 Å². The summed E-state index contributed by atoms with van der Waals surface area (Å²) in [5, 5.41) is 10.4. The van der Waals surface area contributed by atoms with Crippen molar-refractivity contribution in [3.63, 3.8) is 0 Å². The summed E-state index contributed by atoms with van der Waals surface area (Å²) in [4.78, 5) is 0. The van der Waals surface area contributed by atoms with E-state index >= 15 is 0 Å². The molecular formula is C28H45F3O. The van der Waals surface area contributed by atoms with Crippen LogP contribution in [0.2, 0.25) is 0 Å². The van der Waals surface area contributed by atoms with Gasteiger partial charge in [-0.3, -0.25) is 0 Å². The van der Waals surface area contributed by atoms with Gasteiger partial charge in [0.15, 0.2) is 5.60 Å². The van der Waals surface area contributed by atoms with Gasteiger partial charge in [0, 0.05) is 6.42 Å². The third-order valence-electron chi connectivity index (χ3n) is 10.9. The third kappa shape index (κ3) is 3.89. The van der Waals surface area contributed by atoms with Gasteiger partial charge < -0.3 is 5.11 Å². The fourth-order valence-electron chi connectivity index (χ4n) is 8.91. The maximum Gasteiger partial charge on any atom is 0.417 e. The number of hydrogen-bond acceptors (Lipinski definition) is 1. The van der Waals surface area contributed by atoms with E-state index in [1.54, 1.807) is 0 Å². The average Bonchev–Trinajstić information content (AvgIpc) is 3.04. The monoisotopic (exact) mass is 454 g/mol. The molecule has 4 aliphatic carbocycles. The number of halogens is 3. The Balaban J connectivity index is 1.51. The quantitative estimate of drug-likeness (QED) is 0.414. The summed E-state index contributed by atoms with van der Waals surface area (Å²) in [5.74, 6) is 4.12. The molecule has 4 rings (SSSR count). The van der Waals surface area contributed by atoms with E-state index in [1.165, 1.54) is 38.5 Å². The first-order valence-electron chi connectivity index (χ1n) is 13.3. The van der Waals surface area contributed by atoms with Crippen molar-refractivity contribution >= 4 is 0 Å². The van der Waals surface area contributed by atoms with Gasteiger partial charge >= 0.3 is 6.18 Å². The third-order valence-corrected chi connectivity index (χ3v) is 10.9. The molecule has 0 heterocycles. The molecule has 0 aliphatic heterocycles. The molecule has 32 heavy (non-hydrogen) atoms. The normalized spacial score (nSPS) is 45.1. The van der Waals surface area contributed by atoms with E-state index in [9.17, 15) is 18.3 Å². The minimum absolute atomic E-state index is 0.148. The molecule has 0 aromatic carbocycles. The highest BCUT2D eigenvalue weighted by Gasteiger charge is 2.63. The van der Waals surface area contributed by atoms with E-state index in [-0.39, 0.29) is 18.3 Å². The molecule has 0 amide bonds. The van der Waals surface area contributed by atoms with Crippen LogP contribution in [0.1, 0.15) is 105 Å². The molecule has 0 aromatic heterocycles. The molecular weight excluding hydrogens is 409 g/mol. The fourth-order valence-corrected chi connectivity index (χ4v) is 8.91. The molecule has 0 radical (unpaired) electrons.